The molecule has 2 N–H and O–H groups in total. The molecule has 1 aromatic carbocycles. The highest BCUT2D eigenvalue weighted by Crippen LogP contribution is 2.23. The van der Waals surface area contributed by atoms with Crippen LogP contribution in [0.1, 0.15) is 5.76 Å². The van der Waals surface area contributed by atoms with Crippen LogP contribution in [0.2, 0.25) is 0 Å². The monoisotopic (exact) mass is 371 g/mol. The van der Waals surface area contributed by atoms with Crippen LogP contribution in [-0.2, 0) is 13.0 Å². The predicted molar refractivity (Wildman–Crippen MR) is 79.2 cm³/mol. The van der Waals surface area contributed by atoms with E-state index in [1.54, 1.807) is 16.9 Å². The summed E-state index contributed by atoms with van der Waals surface area (Å²) in [5, 5.41) is 0. The van der Waals surface area contributed by atoms with Gasteiger partial charge in [-0.2, -0.15) is 0 Å². The number of nitrogen functional groups attached to an aromatic ring is 1. The van der Waals surface area contributed by atoms with Gasteiger partial charge in [-0.05, 0) is 40.8 Å². The molecule has 0 saturated carbocycles. The number of aromatic nitrogens is 2. The zero-order valence-corrected chi connectivity index (χ0v) is 12.1. The number of imidazole rings is 1. The normalized spacial score (nSPS) is 11.3. The molecule has 0 bridgehead atoms. The van der Waals surface area contributed by atoms with Crippen LogP contribution in [0.25, 0.3) is 11.0 Å². The molecule has 0 spiro atoms. The van der Waals surface area contributed by atoms with Gasteiger partial charge in [0.25, 0.3) is 0 Å². The van der Waals surface area contributed by atoms with Crippen LogP contribution >= 0.6 is 22.6 Å². The number of anilines is 1. The molecule has 2 aromatic heterocycles. The van der Waals surface area contributed by atoms with E-state index in [4.69, 9.17) is 10.2 Å². The van der Waals surface area contributed by atoms with Gasteiger partial charge in [0.2, 0.25) is 5.95 Å². The van der Waals surface area contributed by atoms with E-state index in [0.29, 0.717) is 33.5 Å². The summed E-state index contributed by atoms with van der Waals surface area (Å²) >= 11 is 1.94. The molecule has 0 aliphatic rings. The Hall–Kier alpha value is -1.57. The Bertz CT molecular complexity index is 721. The van der Waals surface area contributed by atoms with Crippen molar-refractivity contribution < 1.29 is 8.81 Å². The summed E-state index contributed by atoms with van der Waals surface area (Å²) in [6.45, 7) is 0.607. The highest BCUT2D eigenvalue weighted by molar-refractivity contribution is 14.1. The topological polar surface area (TPSA) is 57.0 Å². The lowest BCUT2D eigenvalue weighted by Gasteiger charge is -2.05. The average Bonchev–Trinajstić information content (AvgIpc) is 2.96. The van der Waals surface area contributed by atoms with E-state index >= 15 is 0 Å². The van der Waals surface area contributed by atoms with Gasteiger partial charge in [-0.3, -0.25) is 0 Å². The van der Waals surface area contributed by atoms with Gasteiger partial charge in [0.15, 0.2) is 0 Å². The van der Waals surface area contributed by atoms with E-state index in [0.717, 1.165) is 5.76 Å². The van der Waals surface area contributed by atoms with Crippen molar-refractivity contribution in [1.82, 2.24) is 9.55 Å². The molecule has 0 radical (unpaired) electrons. The zero-order valence-electron chi connectivity index (χ0n) is 9.94. The lowest BCUT2D eigenvalue weighted by atomic mass is 10.3. The number of nitrogens with two attached hydrogens (primary N) is 1. The number of aryl methyl sites for hydroxylation is 2. The molecule has 98 valence electrons. The van der Waals surface area contributed by atoms with E-state index in [-0.39, 0.29) is 5.82 Å². The Morgan fingerprint density at radius 2 is 2.26 bits per heavy atom. The van der Waals surface area contributed by atoms with Gasteiger partial charge in [-0.1, -0.05) is 0 Å². The molecule has 3 aromatic rings. The third-order valence-electron chi connectivity index (χ3n) is 2.98. The van der Waals surface area contributed by atoms with Crippen molar-refractivity contribution in [3.8, 4) is 0 Å². The van der Waals surface area contributed by atoms with E-state index in [9.17, 15) is 4.39 Å². The lowest BCUT2D eigenvalue weighted by Crippen LogP contribution is -2.05. The molecular weight excluding hydrogens is 360 g/mol. The van der Waals surface area contributed by atoms with Gasteiger partial charge < -0.3 is 14.7 Å². The van der Waals surface area contributed by atoms with Crippen LogP contribution < -0.4 is 5.73 Å². The Kier molecular flexibility index (Phi) is 3.17. The van der Waals surface area contributed by atoms with Gasteiger partial charge in [0.1, 0.15) is 11.6 Å². The van der Waals surface area contributed by atoms with Crippen LogP contribution in [0.5, 0.6) is 0 Å². The van der Waals surface area contributed by atoms with E-state index in [2.05, 4.69) is 4.98 Å². The first-order valence-electron chi connectivity index (χ1n) is 5.78. The fraction of sp³-hybridized carbons (Fsp3) is 0.154. The summed E-state index contributed by atoms with van der Waals surface area (Å²) in [4.78, 5) is 4.25. The van der Waals surface area contributed by atoms with Crippen LogP contribution in [0.4, 0.5) is 10.3 Å². The van der Waals surface area contributed by atoms with Crippen LogP contribution in [0.3, 0.4) is 0 Å². The third kappa shape index (κ3) is 2.32. The number of fused-ring (bicyclic) bond motifs is 1. The molecular formula is C13H11FIN3O. The van der Waals surface area contributed by atoms with Crippen LogP contribution in [0.15, 0.2) is 34.9 Å². The zero-order chi connectivity index (χ0) is 13.4. The first-order valence-corrected chi connectivity index (χ1v) is 6.86. The highest BCUT2D eigenvalue weighted by atomic mass is 127. The molecule has 19 heavy (non-hydrogen) atoms. The number of nitrogens with zero attached hydrogens (tertiary/aromatic N) is 2. The average molecular weight is 371 g/mol. The van der Waals surface area contributed by atoms with Crippen molar-refractivity contribution in [3.05, 3.63) is 45.7 Å². The first kappa shape index (κ1) is 12.5. The Morgan fingerprint density at radius 1 is 1.42 bits per heavy atom. The van der Waals surface area contributed by atoms with E-state index < -0.39 is 0 Å². The number of rotatable bonds is 3. The number of hydrogen-bond donors (Lipinski definition) is 1. The van der Waals surface area contributed by atoms with E-state index in [1.165, 1.54) is 6.07 Å². The van der Waals surface area contributed by atoms with Crippen LogP contribution in [0, 0.1) is 9.39 Å². The lowest BCUT2D eigenvalue weighted by molar-refractivity contribution is 0.494. The Labute approximate surface area is 122 Å². The first-order chi connectivity index (χ1) is 9.15. The van der Waals surface area contributed by atoms with Gasteiger partial charge in [-0.15, -0.1) is 0 Å². The smallest absolute Gasteiger partial charge is 0.201 e. The second-order valence-corrected chi connectivity index (χ2v) is 5.37. The molecule has 0 amide bonds. The molecule has 4 nitrogen and oxygen atoms in total. The van der Waals surface area contributed by atoms with Crippen molar-refractivity contribution in [2.45, 2.75) is 13.0 Å². The second-order valence-electron chi connectivity index (χ2n) is 4.21. The van der Waals surface area contributed by atoms with Crippen LogP contribution in [-0.4, -0.2) is 9.55 Å². The number of halogens is 2. The maximum atomic E-state index is 13.6. The van der Waals surface area contributed by atoms with Gasteiger partial charge in [0, 0.05) is 19.0 Å². The van der Waals surface area contributed by atoms with Crippen molar-refractivity contribution in [2.75, 3.05) is 5.73 Å². The summed E-state index contributed by atoms with van der Waals surface area (Å²) in [5.41, 5.74) is 7.31. The fourth-order valence-corrected chi connectivity index (χ4v) is 2.50. The molecule has 0 atom stereocenters. The molecule has 0 aliphatic heterocycles. The second kappa shape index (κ2) is 4.84. The van der Waals surface area contributed by atoms with Crippen molar-refractivity contribution >= 4 is 39.6 Å². The minimum atomic E-state index is -0.257. The fourth-order valence-electron chi connectivity index (χ4n) is 2.05. The summed E-state index contributed by atoms with van der Waals surface area (Å²) in [6, 6.07) is 6.92. The van der Waals surface area contributed by atoms with Crippen molar-refractivity contribution in [3.63, 3.8) is 0 Å². The molecule has 0 unspecified atom stereocenters. The van der Waals surface area contributed by atoms with Crippen molar-refractivity contribution in [2.24, 2.45) is 0 Å². The van der Waals surface area contributed by atoms with E-state index in [1.807, 2.05) is 34.7 Å². The maximum absolute atomic E-state index is 13.6. The highest BCUT2D eigenvalue weighted by Gasteiger charge is 2.11. The molecule has 2 heterocycles. The van der Waals surface area contributed by atoms with Gasteiger partial charge >= 0.3 is 0 Å². The Morgan fingerprint density at radius 3 is 3.00 bits per heavy atom. The predicted octanol–water partition coefficient (Wildman–Crippen LogP) is 3.20. The minimum absolute atomic E-state index is 0.257. The van der Waals surface area contributed by atoms with Crippen molar-refractivity contribution in [1.29, 1.82) is 0 Å². The quantitative estimate of drug-likeness (QED) is 0.720. The third-order valence-corrected chi connectivity index (χ3v) is 3.81. The largest absolute Gasteiger partial charge is 0.469 e. The molecule has 0 aliphatic carbocycles. The summed E-state index contributed by atoms with van der Waals surface area (Å²) in [7, 11) is 0. The number of furan rings is 1. The SMILES string of the molecule is Nc1nc2cc(I)c(F)cc2n1CCc1ccco1. The maximum Gasteiger partial charge on any atom is 0.201 e. The molecule has 6 heteroatoms. The molecule has 0 fully saturated rings. The summed E-state index contributed by atoms with van der Waals surface area (Å²) in [5.74, 6) is 1.00. The Balaban J connectivity index is 1.98. The number of benzene rings is 1. The standard InChI is InChI=1S/C13H11FIN3O/c14-9-6-12-11(7-10(9)15)17-13(16)18(12)4-3-8-2-1-5-19-8/h1-2,5-7H,3-4H2,(H2,16,17). The van der Waals surface area contributed by atoms with Gasteiger partial charge in [0.05, 0.1) is 20.9 Å². The molecule has 3 rings (SSSR count). The molecule has 0 saturated heterocycles. The van der Waals surface area contributed by atoms with Gasteiger partial charge in [-0.25, -0.2) is 9.37 Å². The minimum Gasteiger partial charge on any atom is -0.469 e. The summed E-state index contributed by atoms with van der Waals surface area (Å²) < 4.78 is 21.3. The summed E-state index contributed by atoms with van der Waals surface area (Å²) in [6.07, 6.45) is 2.32. The number of hydrogen-bond acceptors (Lipinski definition) is 3.